The van der Waals surface area contributed by atoms with Crippen LogP contribution in [0.25, 0.3) is 0 Å². The second-order valence-corrected chi connectivity index (χ2v) is 20.0. The van der Waals surface area contributed by atoms with Gasteiger partial charge in [0, 0.05) is 97.8 Å². The van der Waals surface area contributed by atoms with Gasteiger partial charge in [0.2, 0.25) is 11.8 Å². The number of aromatic nitrogens is 2. The van der Waals surface area contributed by atoms with Gasteiger partial charge in [0.15, 0.2) is 0 Å². The number of allylic oxidation sites excluding steroid dienone is 1. The van der Waals surface area contributed by atoms with E-state index in [9.17, 15) is 24.0 Å². The molecule has 0 saturated carbocycles. The van der Waals surface area contributed by atoms with Gasteiger partial charge in [-0.1, -0.05) is 36.0 Å². The Morgan fingerprint density at radius 1 is 0.900 bits per heavy atom. The van der Waals surface area contributed by atoms with E-state index in [0.29, 0.717) is 29.3 Å². The zero-order chi connectivity index (χ0) is 48.9. The summed E-state index contributed by atoms with van der Waals surface area (Å²) >= 11 is 1.50. The largest absolute Gasteiger partial charge is 0.371 e. The number of benzene rings is 3. The second kappa shape index (κ2) is 20.9. The van der Waals surface area contributed by atoms with Crippen LogP contribution in [-0.4, -0.2) is 118 Å². The molecule has 18 heteroatoms. The summed E-state index contributed by atoms with van der Waals surface area (Å²) in [6.45, 7) is 7.54. The molecule has 5 aliphatic rings. The number of fused-ring (bicyclic) bond motifs is 1. The Kier molecular flexibility index (Phi) is 14.3. The van der Waals surface area contributed by atoms with Crippen LogP contribution < -0.4 is 31.5 Å². The fourth-order valence-corrected chi connectivity index (χ4v) is 10.5. The van der Waals surface area contributed by atoms with E-state index < -0.39 is 17.9 Å². The maximum Gasteiger partial charge on any atom is 0.269 e. The lowest BCUT2D eigenvalue weighted by Gasteiger charge is -2.40. The van der Waals surface area contributed by atoms with E-state index in [1.54, 1.807) is 18.3 Å². The third-order valence-electron chi connectivity index (χ3n) is 13.9. The van der Waals surface area contributed by atoms with Gasteiger partial charge in [-0.2, -0.15) is 0 Å². The minimum absolute atomic E-state index is 0.126. The molecule has 5 aliphatic heterocycles. The highest BCUT2D eigenvalue weighted by molar-refractivity contribution is 7.99. The van der Waals surface area contributed by atoms with Crippen LogP contribution in [0.3, 0.4) is 0 Å². The summed E-state index contributed by atoms with van der Waals surface area (Å²) in [4.78, 5) is 81.8. The van der Waals surface area contributed by atoms with Gasteiger partial charge in [-0.15, -0.1) is 0 Å². The first-order valence-corrected chi connectivity index (χ1v) is 24.7. The van der Waals surface area contributed by atoms with Crippen LogP contribution in [0.2, 0.25) is 0 Å². The highest BCUT2D eigenvalue weighted by Crippen LogP contribution is 2.31. The van der Waals surface area contributed by atoms with E-state index in [1.807, 2.05) is 60.8 Å². The zero-order valence-electron chi connectivity index (χ0n) is 39.2. The number of carbonyl (C=O) groups excluding carboxylic acids is 5. The van der Waals surface area contributed by atoms with Crippen LogP contribution in [0.4, 0.5) is 17.2 Å². The van der Waals surface area contributed by atoms with Crippen LogP contribution in [0.1, 0.15) is 83.7 Å². The smallest absolute Gasteiger partial charge is 0.269 e. The lowest BCUT2D eigenvalue weighted by Crippen LogP contribution is -2.52. The number of imide groups is 1. The van der Waals surface area contributed by atoms with Crippen molar-refractivity contribution in [2.24, 2.45) is 5.73 Å². The van der Waals surface area contributed by atoms with Gasteiger partial charge in [0.25, 0.3) is 17.7 Å². The number of hydrogen-bond donors (Lipinski definition) is 6. The highest BCUT2D eigenvalue weighted by Gasteiger charge is 2.39. The van der Waals surface area contributed by atoms with Crippen LogP contribution in [0.5, 0.6) is 0 Å². The molecule has 0 spiro atoms. The molecule has 0 bridgehead atoms. The summed E-state index contributed by atoms with van der Waals surface area (Å²) < 4.78 is 0. The number of amides is 5. The first kappa shape index (κ1) is 48.0. The molecular formula is C52H58N12O5S. The van der Waals surface area contributed by atoms with E-state index in [-0.39, 0.29) is 60.6 Å². The number of rotatable bonds is 14. The summed E-state index contributed by atoms with van der Waals surface area (Å²) in [5.74, 6) is -0.978. The Bertz CT molecular complexity index is 2760. The standard InChI is InChI=1S/C52H58N12O5S/c1-52(55)19-25-63(26-20-52)45-30-57-47(31-56-45)70-40-4-2-3-37(28-40)59-48(66)35-6-8-38(9-7-35)62-23-17-39(18-24-62)61-21-15-34(16-22-61)42(53)11-12-43(54)49(67)58-29-33-5-10-41-36(27-33)32-64(51(41)69)44-13-14-46(65)60-50(44)68/h2-12,15,27-28,30-31,39,44,53-54H,13-14,16-26,29,32,55H2,1H3,(H,58,67)(H,59,66)(H,60,65,68)/b12-11-,53-42?,54-43?. The Morgan fingerprint density at radius 3 is 2.40 bits per heavy atom. The molecule has 1 atom stereocenters. The van der Waals surface area contributed by atoms with Crippen molar-refractivity contribution in [3.63, 3.8) is 0 Å². The van der Waals surface area contributed by atoms with E-state index >= 15 is 0 Å². The molecule has 3 aromatic carbocycles. The lowest BCUT2D eigenvalue weighted by atomic mass is 9.91. The fraction of sp³-hybridized carbons (Fsp3) is 0.365. The number of nitrogens with one attached hydrogen (secondary N) is 5. The van der Waals surface area contributed by atoms with Crippen LogP contribution in [0, 0.1) is 10.8 Å². The number of nitrogens with two attached hydrogens (primary N) is 1. The molecule has 0 radical (unpaired) electrons. The number of carbonyl (C=O) groups is 5. The maximum absolute atomic E-state index is 13.3. The van der Waals surface area contributed by atoms with E-state index in [0.717, 1.165) is 103 Å². The molecule has 1 unspecified atom stereocenters. The van der Waals surface area contributed by atoms with Crippen LogP contribution in [0.15, 0.2) is 113 Å². The van der Waals surface area contributed by atoms with Crippen molar-refractivity contribution in [2.45, 2.75) is 92.5 Å². The van der Waals surface area contributed by atoms with Crippen molar-refractivity contribution < 1.29 is 24.0 Å². The summed E-state index contributed by atoms with van der Waals surface area (Å²) in [5, 5.41) is 25.8. The molecule has 4 aromatic rings. The molecule has 0 aliphatic carbocycles. The average Bonchev–Trinajstić information content (AvgIpc) is 3.69. The predicted molar refractivity (Wildman–Crippen MR) is 269 cm³/mol. The van der Waals surface area contributed by atoms with E-state index in [1.165, 1.54) is 28.8 Å². The zero-order valence-corrected chi connectivity index (χ0v) is 40.0. The first-order valence-electron chi connectivity index (χ1n) is 23.9. The van der Waals surface area contributed by atoms with E-state index in [4.69, 9.17) is 16.6 Å². The maximum atomic E-state index is 13.3. The van der Waals surface area contributed by atoms with Crippen LogP contribution >= 0.6 is 11.8 Å². The highest BCUT2D eigenvalue weighted by atomic mass is 32.2. The van der Waals surface area contributed by atoms with Gasteiger partial charge in [0.1, 0.15) is 22.6 Å². The predicted octanol–water partition coefficient (Wildman–Crippen LogP) is 5.47. The monoisotopic (exact) mass is 962 g/mol. The van der Waals surface area contributed by atoms with Gasteiger partial charge >= 0.3 is 0 Å². The summed E-state index contributed by atoms with van der Waals surface area (Å²) in [5.41, 5.74) is 11.4. The van der Waals surface area contributed by atoms with Gasteiger partial charge in [0.05, 0.1) is 18.1 Å². The molecule has 6 heterocycles. The summed E-state index contributed by atoms with van der Waals surface area (Å²) in [7, 11) is 0. The minimum atomic E-state index is -0.703. The molecular weight excluding hydrogens is 905 g/mol. The fourth-order valence-electron chi connectivity index (χ4n) is 9.67. The lowest BCUT2D eigenvalue weighted by molar-refractivity contribution is -0.137. The third kappa shape index (κ3) is 11.4. The van der Waals surface area contributed by atoms with Crippen LogP contribution in [-0.2, 0) is 27.5 Å². The Labute approximate surface area is 411 Å². The second-order valence-electron chi connectivity index (χ2n) is 18.9. The Balaban J connectivity index is 0.684. The third-order valence-corrected chi connectivity index (χ3v) is 14.8. The van der Waals surface area contributed by atoms with Crippen molar-refractivity contribution in [2.75, 3.05) is 54.4 Å². The molecule has 3 saturated heterocycles. The Hall–Kier alpha value is -7.02. The van der Waals surface area contributed by atoms with Gasteiger partial charge in [-0.25, -0.2) is 9.97 Å². The average molecular weight is 963 g/mol. The number of hydrogen-bond acceptors (Lipinski definition) is 14. The van der Waals surface area contributed by atoms with Crippen molar-refractivity contribution in [3.05, 3.63) is 125 Å². The molecule has 70 heavy (non-hydrogen) atoms. The normalized spacial score (nSPS) is 19.7. The summed E-state index contributed by atoms with van der Waals surface area (Å²) in [6, 6.07) is 20.4. The minimum Gasteiger partial charge on any atom is -0.371 e. The molecule has 7 N–H and O–H groups in total. The number of piperidine rings is 3. The first-order chi connectivity index (χ1) is 33.7. The van der Waals surface area contributed by atoms with Gasteiger partial charge in [-0.05, 0) is 123 Å². The Morgan fingerprint density at radius 2 is 1.69 bits per heavy atom. The van der Waals surface area contributed by atoms with Gasteiger partial charge in [-0.3, -0.25) is 39.6 Å². The van der Waals surface area contributed by atoms with Crippen molar-refractivity contribution in [3.8, 4) is 0 Å². The topological polar surface area (TPSA) is 234 Å². The number of nitrogens with zero attached hydrogens (tertiary/aromatic N) is 6. The van der Waals surface area contributed by atoms with Crippen molar-refractivity contribution in [1.82, 2.24) is 30.4 Å². The summed E-state index contributed by atoms with van der Waals surface area (Å²) in [6.07, 6.45) is 13.5. The molecule has 3 fully saturated rings. The van der Waals surface area contributed by atoms with Crippen molar-refractivity contribution >= 4 is 69.9 Å². The molecule has 17 nitrogen and oxygen atoms in total. The quantitative estimate of drug-likeness (QED) is 0.0682. The van der Waals surface area contributed by atoms with Crippen molar-refractivity contribution in [1.29, 1.82) is 10.8 Å². The molecule has 1 aromatic heterocycles. The van der Waals surface area contributed by atoms with E-state index in [2.05, 4.69) is 53.6 Å². The molecule has 5 amide bonds. The number of anilines is 3. The molecule has 362 valence electrons. The molecule has 9 rings (SSSR count). The SMILES string of the molecule is CC1(N)CCN(c2cnc(Sc3cccc(NC(=O)c4ccc(N5CCC(N6CC=C(C(=N)/C=C\C(=N)C(=O)NCc7ccc8c(c7)CN(C7CCC(=O)NC7=O)C8=O)CC6)CC5)cc4)c3)cn2)CC1. The van der Waals surface area contributed by atoms with Gasteiger partial charge < -0.3 is 36.5 Å².